The van der Waals surface area contributed by atoms with E-state index >= 15 is 0 Å². The van der Waals surface area contributed by atoms with E-state index in [1.54, 1.807) is 24.5 Å². The maximum atomic E-state index is 12.8. The predicted octanol–water partition coefficient (Wildman–Crippen LogP) is 2.33. The number of piperidine rings is 1. The molecule has 1 aromatic heterocycles. The van der Waals surface area contributed by atoms with Crippen molar-refractivity contribution in [3.63, 3.8) is 0 Å². The Kier molecular flexibility index (Phi) is 4.82. The van der Waals surface area contributed by atoms with Crippen molar-refractivity contribution in [3.8, 4) is 6.01 Å². The zero-order valence-electron chi connectivity index (χ0n) is 13.8. The van der Waals surface area contributed by atoms with Crippen LogP contribution in [-0.2, 0) is 10.0 Å². The Morgan fingerprint density at radius 2 is 1.79 bits per heavy atom. The minimum Gasteiger partial charge on any atom is -0.460 e. The van der Waals surface area contributed by atoms with Crippen LogP contribution in [0.25, 0.3) is 0 Å². The molecule has 0 amide bonds. The number of nitrogens with zero attached hydrogens (tertiary/aromatic N) is 3. The first-order valence-electron chi connectivity index (χ1n) is 7.98. The molecule has 1 aliphatic rings. The number of ether oxygens (including phenoxy) is 1. The van der Waals surface area contributed by atoms with E-state index < -0.39 is 10.0 Å². The lowest BCUT2D eigenvalue weighted by atomic mass is 10.1. The van der Waals surface area contributed by atoms with Crippen LogP contribution in [0.1, 0.15) is 24.0 Å². The van der Waals surface area contributed by atoms with Crippen molar-refractivity contribution in [1.29, 1.82) is 0 Å². The Hall–Kier alpha value is -1.99. The summed E-state index contributed by atoms with van der Waals surface area (Å²) in [6.07, 6.45) is 4.45. The Balaban J connectivity index is 1.67. The summed E-state index contributed by atoms with van der Waals surface area (Å²) in [6, 6.07) is 7.50. The van der Waals surface area contributed by atoms with Gasteiger partial charge in [0.05, 0.1) is 4.90 Å². The number of benzene rings is 1. The van der Waals surface area contributed by atoms with Crippen LogP contribution in [0.3, 0.4) is 0 Å². The van der Waals surface area contributed by atoms with E-state index in [0.717, 1.165) is 11.1 Å². The fourth-order valence-electron chi connectivity index (χ4n) is 2.91. The van der Waals surface area contributed by atoms with E-state index in [-0.39, 0.29) is 6.10 Å². The van der Waals surface area contributed by atoms with Crippen LogP contribution in [0.4, 0.5) is 0 Å². The average Bonchev–Trinajstić information content (AvgIpc) is 2.56. The first-order valence-corrected chi connectivity index (χ1v) is 9.42. The zero-order chi connectivity index (χ0) is 17.2. The van der Waals surface area contributed by atoms with Gasteiger partial charge in [-0.2, -0.15) is 4.31 Å². The van der Waals surface area contributed by atoms with Gasteiger partial charge in [0.25, 0.3) is 0 Å². The standard InChI is InChI=1S/C17H21N3O3S/c1-13-4-5-16(14(2)12-13)24(21,22)20-10-6-15(7-11-20)23-17-18-8-3-9-19-17/h3-5,8-9,12,15H,6-7,10-11H2,1-2H3. The fourth-order valence-corrected chi connectivity index (χ4v) is 4.59. The predicted molar refractivity (Wildman–Crippen MR) is 90.4 cm³/mol. The lowest BCUT2D eigenvalue weighted by Crippen LogP contribution is -2.42. The monoisotopic (exact) mass is 347 g/mol. The molecule has 0 spiro atoms. The van der Waals surface area contributed by atoms with Crippen molar-refractivity contribution in [2.75, 3.05) is 13.1 Å². The smallest absolute Gasteiger partial charge is 0.316 e. The summed E-state index contributed by atoms with van der Waals surface area (Å²) >= 11 is 0. The van der Waals surface area contributed by atoms with E-state index in [4.69, 9.17) is 4.74 Å². The van der Waals surface area contributed by atoms with Gasteiger partial charge in [0.2, 0.25) is 10.0 Å². The SMILES string of the molecule is Cc1ccc(S(=O)(=O)N2CCC(Oc3ncccn3)CC2)c(C)c1. The van der Waals surface area contributed by atoms with Gasteiger partial charge >= 0.3 is 6.01 Å². The van der Waals surface area contributed by atoms with Gasteiger partial charge in [0.1, 0.15) is 6.10 Å². The Morgan fingerprint density at radius 1 is 1.12 bits per heavy atom. The number of hydrogen-bond acceptors (Lipinski definition) is 5. The normalized spacial score (nSPS) is 16.9. The van der Waals surface area contributed by atoms with Crippen LogP contribution < -0.4 is 4.74 Å². The van der Waals surface area contributed by atoms with E-state index in [0.29, 0.717) is 36.8 Å². The minimum atomic E-state index is -3.46. The summed E-state index contributed by atoms with van der Waals surface area (Å²) < 4.78 is 32.9. The third kappa shape index (κ3) is 3.57. The molecule has 2 aromatic rings. The van der Waals surface area contributed by atoms with Gasteiger partial charge in [-0.25, -0.2) is 18.4 Å². The minimum absolute atomic E-state index is 0.0574. The number of aryl methyl sites for hydroxylation is 2. The maximum Gasteiger partial charge on any atom is 0.316 e. The van der Waals surface area contributed by atoms with Crippen LogP contribution in [0.15, 0.2) is 41.6 Å². The van der Waals surface area contributed by atoms with Crippen LogP contribution >= 0.6 is 0 Å². The van der Waals surface area contributed by atoms with Crippen LogP contribution in [0.2, 0.25) is 0 Å². The molecule has 0 N–H and O–H groups in total. The third-order valence-electron chi connectivity index (χ3n) is 4.16. The summed E-state index contributed by atoms with van der Waals surface area (Å²) in [5.74, 6) is 0. The Bertz CT molecular complexity index is 801. The Morgan fingerprint density at radius 3 is 2.42 bits per heavy atom. The van der Waals surface area contributed by atoms with Crippen molar-refractivity contribution in [3.05, 3.63) is 47.8 Å². The van der Waals surface area contributed by atoms with Crippen LogP contribution in [0.5, 0.6) is 6.01 Å². The van der Waals surface area contributed by atoms with Crippen molar-refractivity contribution in [1.82, 2.24) is 14.3 Å². The molecule has 3 rings (SSSR count). The second kappa shape index (κ2) is 6.86. The van der Waals surface area contributed by atoms with Crippen molar-refractivity contribution >= 4 is 10.0 Å². The highest BCUT2D eigenvalue weighted by Gasteiger charge is 2.31. The van der Waals surface area contributed by atoms with Crippen LogP contribution in [0, 0.1) is 13.8 Å². The summed E-state index contributed by atoms with van der Waals surface area (Å²) in [5, 5.41) is 0. The first-order chi connectivity index (χ1) is 11.5. The molecule has 24 heavy (non-hydrogen) atoms. The molecule has 1 aromatic carbocycles. The molecule has 7 heteroatoms. The molecule has 128 valence electrons. The van der Waals surface area contributed by atoms with Crippen molar-refractivity contribution in [2.24, 2.45) is 0 Å². The van der Waals surface area contributed by atoms with Gasteiger partial charge in [-0.05, 0) is 44.4 Å². The summed E-state index contributed by atoms with van der Waals surface area (Å²) in [4.78, 5) is 8.47. The Labute approximate surface area is 142 Å². The molecule has 0 atom stereocenters. The molecule has 1 saturated heterocycles. The number of aromatic nitrogens is 2. The van der Waals surface area contributed by atoms with Crippen molar-refractivity contribution in [2.45, 2.75) is 37.7 Å². The fraction of sp³-hybridized carbons (Fsp3) is 0.412. The second-order valence-corrected chi connectivity index (χ2v) is 7.93. The molecule has 0 saturated carbocycles. The van der Waals surface area contributed by atoms with Crippen LogP contribution in [-0.4, -0.2) is 41.9 Å². The summed E-state index contributed by atoms with van der Waals surface area (Å²) in [5.41, 5.74) is 1.84. The van der Waals surface area contributed by atoms with E-state index in [9.17, 15) is 8.42 Å². The third-order valence-corrected chi connectivity index (χ3v) is 6.22. The van der Waals surface area contributed by atoms with E-state index in [1.807, 2.05) is 26.0 Å². The molecule has 1 fully saturated rings. The molecule has 6 nitrogen and oxygen atoms in total. The molecule has 0 radical (unpaired) electrons. The molecule has 1 aliphatic heterocycles. The lowest BCUT2D eigenvalue weighted by molar-refractivity contribution is 0.124. The van der Waals surface area contributed by atoms with Gasteiger partial charge in [-0.15, -0.1) is 0 Å². The molecular weight excluding hydrogens is 326 g/mol. The van der Waals surface area contributed by atoms with E-state index in [2.05, 4.69) is 9.97 Å². The highest BCUT2D eigenvalue weighted by molar-refractivity contribution is 7.89. The largest absolute Gasteiger partial charge is 0.460 e. The van der Waals surface area contributed by atoms with Gasteiger partial charge < -0.3 is 4.74 Å². The molecule has 0 unspecified atom stereocenters. The van der Waals surface area contributed by atoms with Gasteiger partial charge in [0, 0.05) is 25.5 Å². The quantitative estimate of drug-likeness (QED) is 0.849. The second-order valence-electron chi connectivity index (χ2n) is 6.02. The van der Waals surface area contributed by atoms with Gasteiger partial charge in [0.15, 0.2) is 0 Å². The molecule has 0 aliphatic carbocycles. The number of hydrogen-bond donors (Lipinski definition) is 0. The first kappa shape index (κ1) is 16.9. The average molecular weight is 347 g/mol. The molecule has 0 bridgehead atoms. The van der Waals surface area contributed by atoms with E-state index in [1.165, 1.54) is 4.31 Å². The topological polar surface area (TPSA) is 72.4 Å². The lowest BCUT2D eigenvalue weighted by Gasteiger charge is -2.31. The highest BCUT2D eigenvalue weighted by Crippen LogP contribution is 2.25. The van der Waals surface area contributed by atoms with Gasteiger partial charge in [-0.1, -0.05) is 17.7 Å². The summed E-state index contributed by atoms with van der Waals surface area (Å²) in [6.45, 7) is 4.67. The molecular formula is C17H21N3O3S. The zero-order valence-corrected chi connectivity index (χ0v) is 14.7. The maximum absolute atomic E-state index is 12.8. The number of sulfonamides is 1. The summed E-state index contributed by atoms with van der Waals surface area (Å²) in [7, 11) is -3.46. The molecule has 2 heterocycles. The highest BCUT2D eigenvalue weighted by atomic mass is 32.2. The number of rotatable bonds is 4. The van der Waals surface area contributed by atoms with Crippen molar-refractivity contribution < 1.29 is 13.2 Å². The van der Waals surface area contributed by atoms with Gasteiger partial charge in [-0.3, -0.25) is 0 Å².